The summed E-state index contributed by atoms with van der Waals surface area (Å²) >= 11 is 3.10. The summed E-state index contributed by atoms with van der Waals surface area (Å²) in [5, 5.41) is 19.6. The second-order valence-electron chi connectivity index (χ2n) is 3.59. The number of aromatic nitrogens is 1. The number of carbonyl (C=O) groups excluding carboxylic acids is 2. The maximum absolute atomic E-state index is 11.8. The average Bonchev–Trinajstić information content (AvgIpc) is 2.42. The van der Waals surface area contributed by atoms with Gasteiger partial charge in [-0.3, -0.25) is 4.79 Å². The minimum atomic E-state index is -1.45. The predicted molar refractivity (Wildman–Crippen MR) is 69.3 cm³/mol. The number of carboxylic acids is 1. The van der Waals surface area contributed by atoms with Crippen molar-refractivity contribution in [3.05, 3.63) is 28.0 Å². The van der Waals surface area contributed by atoms with Crippen LogP contribution in [0.3, 0.4) is 0 Å². The van der Waals surface area contributed by atoms with E-state index in [4.69, 9.17) is 10.2 Å². The van der Waals surface area contributed by atoms with E-state index in [1.54, 1.807) is 0 Å². The molecule has 0 saturated heterocycles. The molecule has 9 heteroatoms. The number of amides is 1. The van der Waals surface area contributed by atoms with Crippen LogP contribution < -0.4 is 5.32 Å². The molecule has 0 radical (unpaired) electrons. The van der Waals surface area contributed by atoms with E-state index in [0.29, 0.717) is 4.47 Å². The molecule has 1 heterocycles. The molecule has 108 valence electrons. The van der Waals surface area contributed by atoms with Gasteiger partial charge < -0.3 is 20.3 Å². The zero-order chi connectivity index (χ0) is 15.3. The van der Waals surface area contributed by atoms with Gasteiger partial charge in [0.2, 0.25) is 0 Å². The molecular formula is C11H11BrN2O6. The molecule has 0 aliphatic carbocycles. The summed E-state index contributed by atoms with van der Waals surface area (Å²) in [6, 6.07) is 1.20. The summed E-state index contributed by atoms with van der Waals surface area (Å²) in [5.41, 5.74) is -0.289. The van der Waals surface area contributed by atoms with Crippen LogP contribution in [0.1, 0.15) is 21.0 Å². The van der Waals surface area contributed by atoms with E-state index in [1.807, 2.05) is 0 Å². The van der Waals surface area contributed by atoms with Gasteiger partial charge in [-0.1, -0.05) is 15.9 Å². The summed E-state index contributed by atoms with van der Waals surface area (Å²) in [6.07, 6.45) is 0. The maximum Gasteiger partial charge on any atom is 0.356 e. The summed E-state index contributed by atoms with van der Waals surface area (Å²) < 4.78 is 4.88. The molecule has 8 nitrogen and oxygen atoms in total. The van der Waals surface area contributed by atoms with Crippen molar-refractivity contribution in [2.45, 2.75) is 6.04 Å². The van der Waals surface area contributed by atoms with Crippen LogP contribution in [-0.2, 0) is 9.53 Å². The van der Waals surface area contributed by atoms with Gasteiger partial charge in [0.1, 0.15) is 11.4 Å². The van der Waals surface area contributed by atoms with Gasteiger partial charge in [0.05, 0.1) is 13.7 Å². The van der Waals surface area contributed by atoms with Crippen molar-refractivity contribution < 1.29 is 29.3 Å². The summed E-state index contributed by atoms with van der Waals surface area (Å²) in [5.74, 6) is -2.96. The molecule has 1 unspecified atom stereocenters. The van der Waals surface area contributed by atoms with Crippen molar-refractivity contribution in [3.63, 3.8) is 0 Å². The van der Waals surface area contributed by atoms with Crippen LogP contribution in [0.4, 0.5) is 0 Å². The number of pyridine rings is 1. The number of halogens is 1. The standard InChI is InChI=1S/C11H11BrN2O6/c1-20-11(19)7-3-5(12)2-6(13-7)9(16)14-8(4-15)10(17)18/h2-3,8,15H,4H2,1H3,(H,14,16)(H,17,18). The van der Waals surface area contributed by atoms with E-state index in [1.165, 1.54) is 12.1 Å². The molecule has 3 N–H and O–H groups in total. The fourth-order valence-electron chi connectivity index (χ4n) is 1.24. The Morgan fingerprint density at radius 2 is 2.00 bits per heavy atom. The van der Waals surface area contributed by atoms with Gasteiger partial charge in [0.15, 0.2) is 6.04 Å². The molecule has 1 atom stereocenters. The van der Waals surface area contributed by atoms with Gasteiger partial charge in [-0.2, -0.15) is 0 Å². The first-order chi connectivity index (χ1) is 9.38. The molecule has 20 heavy (non-hydrogen) atoms. The maximum atomic E-state index is 11.8. The second-order valence-corrected chi connectivity index (χ2v) is 4.51. The van der Waals surface area contributed by atoms with Crippen molar-refractivity contribution >= 4 is 33.8 Å². The number of hydrogen-bond acceptors (Lipinski definition) is 6. The Morgan fingerprint density at radius 3 is 2.50 bits per heavy atom. The van der Waals surface area contributed by atoms with Gasteiger partial charge in [-0.05, 0) is 12.1 Å². The van der Waals surface area contributed by atoms with Crippen LogP contribution in [0.15, 0.2) is 16.6 Å². The van der Waals surface area contributed by atoms with Crippen LogP contribution in [0.5, 0.6) is 0 Å². The Kier molecular flexibility index (Phi) is 5.59. The molecule has 0 bridgehead atoms. The first kappa shape index (κ1) is 16.1. The Balaban J connectivity index is 3.01. The third-order valence-electron chi connectivity index (χ3n) is 2.20. The summed E-state index contributed by atoms with van der Waals surface area (Å²) in [7, 11) is 1.16. The summed E-state index contributed by atoms with van der Waals surface area (Å²) in [4.78, 5) is 37.6. The lowest BCUT2D eigenvalue weighted by atomic mass is 10.2. The fourth-order valence-corrected chi connectivity index (χ4v) is 1.67. The van der Waals surface area contributed by atoms with E-state index in [2.05, 4.69) is 31.0 Å². The zero-order valence-electron chi connectivity index (χ0n) is 10.3. The van der Waals surface area contributed by atoms with E-state index in [0.717, 1.165) is 7.11 Å². The molecule has 0 spiro atoms. The van der Waals surface area contributed by atoms with Gasteiger partial charge in [0, 0.05) is 4.47 Å². The normalized spacial score (nSPS) is 11.6. The minimum absolute atomic E-state index is 0.108. The smallest absolute Gasteiger partial charge is 0.356 e. The van der Waals surface area contributed by atoms with Crippen molar-refractivity contribution in [2.75, 3.05) is 13.7 Å². The molecule has 1 rings (SSSR count). The number of ether oxygens (including phenoxy) is 1. The number of methoxy groups -OCH3 is 1. The SMILES string of the molecule is COC(=O)c1cc(Br)cc(C(=O)NC(CO)C(=O)O)n1. The van der Waals surface area contributed by atoms with E-state index in [-0.39, 0.29) is 11.4 Å². The number of esters is 1. The third-order valence-corrected chi connectivity index (χ3v) is 2.66. The highest BCUT2D eigenvalue weighted by atomic mass is 79.9. The molecular weight excluding hydrogens is 336 g/mol. The molecule has 1 aromatic heterocycles. The van der Waals surface area contributed by atoms with Crippen LogP contribution in [0.2, 0.25) is 0 Å². The molecule has 0 saturated carbocycles. The number of aliphatic carboxylic acids is 1. The largest absolute Gasteiger partial charge is 0.480 e. The Bertz CT molecular complexity index is 548. The van der Waals surface area contributed by atoms with Crippen molar-refractivity contribution in [1.29, 1.82) is 0 Å². The van der Waals surface area contributed by atoms with Gasteiger partial charge >= 0.3 is 11.9 Å². The van der Waals surface area contributed by atoms with Crippen molar-refractivity contribution in [3.8, 4) is 0 Å². The first-order valence-electron chi connectivity index (χ1n) is 5.29. The molecule has 0 fully saturated rings. The Labute approximate surface area is 121 Å². The van der Waals surface area contributed by atoms with Crippen LogP contribution in [0, 0.1) is 0 Å². The van der Waals surface area contributed by atoms with Crippen molar-refractivity contribution in [2.24, 2.45) is 0 Å². The highest BCUT2D eigenvalue weighted by Gasteiger charge is 2.21. The number of aliphatic hydroxyl groups is 1. The highest BCUT2D eigenvalue weighted by molar-refractivity contribution is 9.10. The van der Waals surface area contributed by atoms with Crippen LogP contribution in [0.25, 0.3) is 0 Å². The topological polar surface area (TPSA) is 126 Å². The Morgan fingerprint density at radius 1 is 1.40 bits per heavy atom. The number of rotatable bonds is 5. The van der Waals surface area contributed by atoms with E-state index >= 15 is 0 Å². The van der Waals surface area contributed by atoms with E-state index < -0.39 is 30.5 Å². The molecule has 0 aliphatic heterocycles. The number of nitrogens with one attached hydrogen (secondary N) is 1. The zero-order valence-corrected chi connectivity index (χ0v) is 11.9. The Hall–Kier alpha value is -2.00. The second kappa shape index (κ2) is 6.96. The number of carboxylic acid groups (broad SMARTS) is 1. The minimum Gasteiger partial charge on any atom is -0.480 e. The quantitative estimate of drug-likeness (QED) is 0.630. The number of aliphatic hydroxyl groups excluding tert-OH is 1. The van der Waals surface area contributed by atoms with Gasteiger partial charge in [-0.25, -0.2) is 14.6 Å². The highest BCUT2D eigenvalue weighted by Crippen LogP contribution is 2.13. The lowest BCUT2D eigenvalue weighted by molar-refractivity contribution is -0.140. The van der Waals surface area contributed by atoms with Gasteiger partial charge in [-0.15, -0.1) is 0 Å². The van der Waals surface area contributed by atoms with Crippen LogP contribution >= 0.6 is 15.9 Å². The van der Waals surface area contributed by atoms with Gasteiger partial charge in [0.25, 0.3) is 5.91 Å². The number of hydrogen-bond donors (Lipinski definition) is 3. The van der Waals surface area contributed by atoms with Crippen LogP contribution in [-0.4, -0.2) is 52.8 Å². The summed E-state index contributed by atoms with van der Waals surface area (Å²) in [6.45, 7) is -0.765. The number of carbonyl (C=O) groups is 3. The molecule has 0 aliphatic rings. The monoisotopic (exact) mass is 346 g/mol. The molecule has 1 amide bonds. The molecule has 1 aromatic rings. The third kappa shape index (κ3) is 4.00. The van der Waals surface area contributed by atoms with Crippen molar-refractivity contribution in [1.82, 2.24) is 10.3 Å². The predicted octanol–water partition coefficient (Wildman–Crippen LogP) is -0.194. The first-order valence-corrected chi connectivity index (χ1v) is 6.08. The number of nitrogens with zero attached hydrogens (tertiary/aromatic N) is 1. The lowest BCUT2D eigenvalue weighted by Crippen LogP contribution is -2.43. The average molecular weight is 347 g/mol. The fraction of sp³-hybridized carbons (Fsp3) is 0.273. The lowest BCUT2D eigenvalue weighted by Gasteiger charge is -2.11. The van der Waals surface area contributed by atoms with E-state index in [9.17, 15) is 14.4 Å². The molecule has 0 aromatic carbocycles.